The lowest BCUT2D eigenvalue weighted by molar-refractivity contribution is -0.122. The molecular formula is C20H17N3O3S2. The molecule has 2 aromatic heterocycles. The van der Waals surface area contributed by atoms with Gasteiger partial charge in [-0.3, -0.25) is 4.79 Å². The Kier molecular flexibility index (Phi) is 6.29. The monoisotopic (exact) mass is 411 g/mol. The number of aromatic nitrogens is 2. The van der Waals surface area contributed by atoms with Crippen molar-refractivity contribution in [2.24, 2.45) is 0 Å². The van der Waals surface area contributed by atoms with Crippen molar-refractivity contribution < 1.29 is 14.3 Å². The molecule has 0 aliphatic carbocycles. The fourth-order valence-electron chi connectivity index (χ4n) is 2.45. The summed E-state index contributed by atoms with van der Waals surface area (Å²) in [6.07, 6.45) is 0.952. The fraction of sp³-hybridized carbons (Fsp3) is 0.250. The van der Waals surface area contributed by atoms with Crippen LogP contribution in [-0.2, 0) is 16.0 Å². The number of benzene rings is 1. The Balaban J connectivity index is 1.62. The number of Topliss-reactive ketones (excluding diaryl/α,β-unsaturated/α-hetero) is 1. The molecule has 0 radical (unpaired) electrons. The summed E-state index contributed by atoms with van der Waals surface area (Å²) in [7, 11) is 0. The molecule has 3 rings (SSSR count). The molecule has 6 nitrogen and oxygen atoms in total. The topological polar surface area (TPSA) is 92.9 Å². The van der Waals surface area contributed by atoms with E-state index in [0.717, 1.165) is 17.7 Å². The third kappa shape index (κ3) is 4.50. The molecule has 0 saturated heterocycles. The summed E-state index contributed by atoms with van der Waals surface area (Å²) in [6.45, 7) is 3.38. The highest BCUT2D eigenvalue weighted by Crippen LogP contribution is 2.25. The summed E-state index contributed by atoms with van der Waals surface area (Å²) in [5.74, 6) is -2.22. The summed E-state index contributed by atoms with van der Waals surface area (Å²) in [5, 5.41) is 13.7. The molecule has 0 amide bonds. The highest BCUT2D eigenvalue weighted by molar-refractivity contribution is 7.13. The van der Waals surface area contributed by atoms with Crippen LogP contribution in [0.25, 0.3) is 10.6 Å². The number of hydrogen-bond donors (Lipinski definition) is 0. The molecule has 3 aromatic rings. The first-order valence-electron chi connectivity index (χ1n) is 8.58. The lowest BCUT2D eigenvalue weighted by Gasteiger charge is -2.05. The minimum absolute atomic E-state index is 0.144. The Morgan fingerprint density at radius 3 is 2.54 bits per heavy atom. The smallest absolute Gasteiger partial charge is 0.358 e. The molecule has 0 saturated carbocycles. The summed E-state index contributed by atoms with van der Waals surface area (Å²) >= 11 is 2.57. The number of nitriles is 1. The maximum absolute atomic E-state index is 12.3. The van der Waals surface area contributed by atoms with Crippen LogP contribution in [0.15, 0.2) is 35.0 Å². The van der Waals surface area contributed by atoms with E-state index in [1.54, 1.807) is 17.7 Å². The van der Waals surface area contributed by atoms with Crippen LogP contribution in [0, 0.1) is 18.3 Å². The van der Waals surface area contributed by atoms with Gasteiger partial charge in [0, 0.05) is 22.0 Å². The number of ether oxygens (including phenoxy) is 1. The highest BCUT2D eigenvalue weighted by atomic mass is 32.1. The molecule has 8 heteroatoms. The zero-order valence-corrected chi connectivity index (χ0v) is 17.0. The molecule has 0 fully saturated rings. The van der Waals surface area contributed by atoms with Gasteiger partial charge in [-0.1, -0.05) is 31.2 Å². The minimum Gasteiger partial charge on any atom is -0.453 e. The third-order valence-electron chi connectivity index (χ3n) is 4.00. The largest absolute Gasteiger partial charge is 0.453 e. The van der Waals surface area contributed by atoms with Crippen molar-refractivity contribution >= 4 is 34.4 Å². The van der Waals surface area contributed by atoms with Gasteiger partial charge in [-0.25, -0.2) is 14.8 Å². The Hall–Kier alpha value is -2.89. The van der Waals surface area contributed by atoms with E-state index in [9.17, 15) is 14.9 Å². The van der Waals surface area contributed by atoms with Gasteiger partial charge < -0.3 is 4.74 Å². The van der Waals surface area contributed by atoms with Crippen molar-refractivity contribution in [3.8, 4) is 16.6 Å². The van der Waals surface area contributed by atoms with Gasteiger partial charge in [0.2, 0.25) is 0 Å². The molecule has 0 unspecified atom stereocenters. The van der Waals surface area contributed by atoms with Crippen molar-refractivity contribution in [1.29, 1.82) is 5.26 Å². The van der Waals surface area contributed by atoms with Crippen LogP contribution in [0.5, 0.6) is 0 Å². The van der Waals surface area contributed by atoms with Gasteiger partial charge in [0.25, 0.3) is 0 Å². The van der Waals surface area contributed by atoms with Crippen LogP contribution < -0.4 is 0 Å². The molecule has 0 aliphatic heterocycles. The second kappa shape index (κ2) is 8.87. The number of aryl methyl sites for hydroxylation is 2. The molecule has 1 atom stereocenters. The minimum atomic E-state index is -1.03. The molecule has 1 aromatic carbocycles. The van der Waals surface area contributed by atoms with E-state index in [0.29, 0.717) is 10.0 Å². The average Bonchev–Trinajstić information content (AvgIpc) is 3.36. The SMILES string of the molecule is CCc1ccc(-c2nc(C(=O)OCC(=O)[C@@H](C#N)c3nc(C)cs3)cs2)cc1. The quantitative estimate of drug-likeness (QED) is 0.542. The zero-order chi connectivity index (χ0) is 20.1. The molecule has 0 spiro atoms. The number of thiazole rings is 2. The van der Waals surface area contributed by atoms with Crippen LogP contribution in [0.2, 0.25) is 0 Å². The van der Waals surface area contributed by atoms with E-state index in [2.05, 4.69) is 16.9 Å². The first-order chi connectivity index (χ1) is 13.5. The standard InChI is InChI=1S/C20H17N3O3S2/c1-3-13-4-6-14(7-5-13)18-23-16(11-28-18)20(25)26-9-17(24)15(8-21)19-22-12(2)10-27-19/h4-7,10-11,15H,3,9H2,1-2H3/t15-/m1/s1. The summed E-state index contributed by atoms with van der Waals surface area (Å²) in [6, 6.07) is 9.89. The molecule has 28 heavy (non-hydrogen) atoms. The van der Waals surface area contributed by atoms with E-state index < -0.39 is 24.3 Å². The van der Waals surface area contributed by atoms with Gasteiger partial charge in [-0.05, 0) is 18.9 Å². The van der Waals surface area contributed by atoms with Crippen LogP contribution in [-0.4, -0.2) is 28.3 Å². The van der Waals surface area contributed by atoms with Gasteiger partial charge in [0.05, 0.1) is 6.07 Å². The van der Waals surface area contributed by atoms with Crippen molar-refractivity contribution in [3.63, 3.8) is 0 Å². The average molecular weight is 412 g/mol. The second-order valence-corrected chi connectivity index (χ2v) is 7.77. The first kappa shape index (κ1) is 19.9. The number of esters is 1. The van der Waals surface area contributed by atoms with Gasteiger partial charge in [0.1, 0.15) is 10.0 Å². The highest BCUT2D eigenvalue weighted by Gasteiger charge is 2.25. The van der Waals surface area contributed by atoms with Gasteiger partial charge in [-0.15, -0.1) is 22.7 Å². The number of hydrogen-bond acceptors (Lipinski definition) is 8. The molecule has 142 valence electrons. The molecule has 0 bridgehead atoms. The Bertz CT molecular complexity index is 1030. The lowest BCUT2D eigenvalue weighted by atomic mass is 10.1. The van der Waals surface area contributed by atoms with Crippen LogP contribution in [0.4, 0.5) is 0 Å². The zero-order valence-electron chi connectivity index (χ0n) is 15.3. The van der Waals surface area contributed by atoms with E-state index in [1.165, 1.54) is 28.2 Å². The lowest BCUT2D eigenvalue weighted by Crippen LogP contribution is -2.20. The van der Waals surface area contributed by atoms with Gasteiger partial charge in [0.15, 0.2) is 24.0 Å². The fourth-order valence-corrected chi connectivity index (χ4v) is 4.10. The summed E-state index contributed by atoms with van der Waals surface area (Å²) in [4.78, 5) is 32.9. The Morgan fingerprint density at radius 1 is 1.18 bits per heavy atom. The number of nitrogens with zero attached hydrogens (tertiary/aromatic N) is 3. The number of carbonyl (C=O) groups excluding carboxylic acids is 2. The maximum Gasteiger partial charge on any atom is 0.358 e. The predicted molar refractivity (Wildman–Crippen MR) is 107 cm³/mol. The normalized spacial score (nSPS) is 11.6. The molecule has 0 N–H and O–H groups in total. The second-order valence-electron chi connectivity index (χ2n) is 6.02. The Morgan fingerprint density at radius 2 is 1.93 bits per heavy atom. The number of rotatable bonds is 7. The first-order valence-corrected chi connectivity index (χ1v) is 10.3. The van der Waals surface area contributed by atoms with Crippen molar-refractivity contribution in [3.05, 3.63) is 57.0 Å². The van der Waals surface area contributed by atoms with Crippen molar-refractivity contribution in [2.75, 3.05) is 6.61 Å². The Labute approximate surface area is 170 Å². The number of ketones is 1. The van der Waals surface area contributed by atoms with E-state index in [4.69, 9.17) is 4.74 Å². The van der Waals surface area contributed by atoms with Crippen LogP contribution >= 0.6 is 22.7 Å². The van der Waals surface area contributed by atoms with Crippen LogP contribution in [0.3, 0.4) is 0 Å². The number of carbonyl (C=O) groups is 2. The van der Waals surface area contributed by atoms with Crippen molar-refractivity contribution in [2.45, 2.75) is 26.2 Å². The van der Waals surface area contributed by atoms with E-state index in [-0.39, 0.29) is 5.69 Å². The molecular weight excluding hydrogens is 394 g/mol. The molecule has 2 heterocycles. The summed E-state index contributed by atoms with van der Waals surface area (Å²) in [5.41, 5.74) is 3.03. The molecule has 0 aliphatic rings. The van der Waals surface area contributed by atoms with Gasteiger partial charge in [-0.2, -0.15) is 5.26 Å². The maximum atomic E-state index is 12.3. The third-order valence-corrected chi connectivity index (χ3v) is 5.92. The predicted octanol–water partition coefficient (Wildman–Crippen LogP) is 4.17. The van der Waals surface area contributed by atoms with E-state index >= 15 is 0 Å². The summed E-state index contributed by atoms with van der Waals surface area (Å²) < 4.78 is 5.07. The van der Waals surface area contributed by atoms with Crippen LogP contribution in [0.1, 0.15) is 39.6 Å². The van der Waals surface area contributed by atoms with Gasteiger partial charge >= 0.3 is 5.97 Å². The van der Waals surface area contributed by atoms with E-state index in [1.807, 2.05) is 30.3 Å². The van der Waals surface area contributed by atoms with Crippen molar-refractivity contribution in [1.82, 2.24) is 9.97 Å².